The molecule has 4 heteroatoms. The molecule has 0 atom stereocenters. The Morgan fingerprint density at radius 3 is 2.83 bits per heavy atom. The molecule has 3 rings (SSSR count). The van der Waals surface area contributed by atoms with Crippen molar-refractivity contribution < 1.29 is 4.74 Å². The summed E-state index contributed by atoms with van der Waals surface area (Å²) >= 11 is 0. The lowest BCUT2D eigenvalue weighted by Crippen LogP contribution is -2.19. The zero-order valence-electron chi connectivity index (χ0n) is 11.1. The maximum Gasteiger partial charge on any atom is 0.225 e. The van der Waals surface area contributed by atoms with E-state index >= 15 is 0 Å². The van der Waals surface area contributed by atoms with E-state index in [9.17, 15) is 0 Å². The van der Waals surface area contributed by atoms with E-state index in [1.54, 1.807) is 12.3 Å². The summed E-state index contributed by atoms with van der Waals surface area (Å²) in [5.74, 6) is 2.30. The summed E-state index contributed by atoms with van der Waals surface area (Å²) in [5.41, 5.74) is 0.568. The summed E-state index contributed by atoms with van der Waals surface area (Å²) < 4.78 is 5.57. The van der Waals surface area contributed by atoms with Crippen molar-refractivity contribution in [3.63, 3.8) is 0 Å². The van der Waals surface area contributed by atoms with Crippen LogP contribution in [-0.2, 0) is 0 Å². The van der Waals surface area contributed by atoms with Gasteiger partial charge in [-0.25, -0.2) is 4.98 Å². The van der Waals surface area contributed by atoms with Crippen molar-refractivity contribution >= 4 is 5.95 Å². The highest BCUT2D eigenvalue weighted by molar-refractivity contribution is 5.29. The van der Waals surface area contributed by atoms with Crippen molar-refractivity contribution in [1.82, 2.24) is 9.97 Å². The van der Waals surface area contributed by atoms with Crippen LogP contribution in [0.15, 0.2) is 12.3 Å². The molecule has 0 aromatic carbocycles. The number of hydrogen-bond acceptors (Lipinski definition) is 4. The van der Waals surface area contributed by atoms with Crippen LogP contribution in [0, 0.1) is 11.3 Å². The second-order valence-corrected chi connectivity index (χ2v) is 5.88. The lowest BCUT2D eigenvalue weighted by atomic mass is 10.0. The largest absolute Gasteiger partial charge is 0.475 e. The molecule has 4 nitrogen and oxygen atoms in total. The van der Waals surface area contributed by atoms with Gasteiger partial charge < -0.3 is 10.1 Å². The van der Waals surface area contributed by atoms with Crippen LogP contribution in [0.4, 0.5) is 5.95 Å². The normalized spacial score (nSPS) is 20.8. The molecular formula is C14H21N3O. The summed E-state index contributed by atoms with van der Waals surface area (Å²) in [6.07, 6.45) is 7.47. The van der Waals surface area contributed by atoms with Crippen LogP contribution >= 0.6 is 0 Å². The summed E-state index contributed by atoms with van der Waals surface area (Å²) in [6, 6.07) is 1.80. The Kier molecular flexibility index (Phi) is 2.88. The van der Waals surface area contributed by atoms with Crippen molar-refractivity contribution in [1.29, 1.82) is 0 Å². The van der Waals surface area contributed by atoms with Crippen molar-refractivity contribution in [2.24, 2.45) is 11.3 Å². The van der Waals surface area contributed by atoms with Gasteiger partial charge in [0.05, 0.1) is 6.10 Å². The summed E-state index contributed by atoms with van der Waals surface area (Å²) in [5, 5.41) is 3.38. The summed E-state index contributed by atoms with van der Waals surface area (Å²) in [6.45, 7) is 5.02. The van der Waals surface area contributed by atoms with E-state index in [0.29, 0.717) is 17.2 Å². The number of nitrogens with one attached hydrogen (secondary N) is 1. The van der Waals surface area contributed by atoms with Crippen molar-refractivity contribution in [3.05, 3.63) is 12.3 Å². The van der Waals surface area contributed by atoms with Gasteiger partial charge >= 0.3 is 0 Å². The Hall–Kier alpha value is -1.32. The van der Waals surface area contributed by atoms with Crippen LogP contribution in [-0.4, -0.2) is 22.6 Å². The van der Waals surface area contributed by atoms with E-state index in [1.165, 1.54) is 25.7 Å². The van der Waals surface area contributed by atoms with Crippen LogP contribution in [0.5, 0.6) is 5.88 Å². The predicted octanol–water partition coefficient (Wildman–Crippen LogP) is 2.87. The van der Waals surface area contributed by atoms with Gasteiger partial charge in [-0.2, -0.15) is 4.98 Å². The zero-order chi connectivity index (χ0) is 12.6. The lowest BCUT2D eigenvalue weighted by molar-refractivity contribution is 0.232. The first-order valence-electron chi connectivity index (χ1n) is 6.91. The Labute approximate surface area is 108 Å². The molecule has 98 valence electrons. The minimum Gasteiger partial charge on any atom is -0.475 e. The van der Waals surface area contributed by atoms with Gasteiger partial charge in [-0.1, -0.05) is 0 Å². The molecule has 1 heterocycles. The molecule has 18 heavy (non-hydrogen) atoms. The predicted molar refractivity (Wildman–Crippen MR) is 70.7 cm³/mol. The second-order valence-electron chi connectivity index (χ2n) is 5.88. The highest BCUT2D eigenvalue weighted by Gasteiger charge is 2.53. The fourth-order valence-corrected chi connectivity index (χ4v) is 2.58. The minimum atomic E-state index is 0.147. The van der Waals surface area contributed by atoms with Crippen LogP contribution in [0.3, 0.4) is 0 Å². The van der Waals surface area contributed by atoms with Crippen molar-refractivity contribution in [2.75, 3.05) is 11.9 Å². The first-order valence-corrected chi connectivity index (χ1v) is 6.91. The molecule has 0 bridgehead atoms. The molecule has 2 aliphatic rings. The molecule has 2 fully saturated rings. The molecule has 0 saturated heterocycles. The van der Waals surface area contributed by atoms with E-state index in [2.05, 4.69) is 15.3 Å². The van der Waals surface area contributed by atoms with Gasteiger partial charge in [-0.05, 0) is 50.9 Å². The molecule has 0 aliphatic heterocycles. The first-order chi connectivity index (χ1) is 8.68. The Morgan fingerprint density at radius 2 is 2.22 bits per heavy atom. The highest BCUT2D eigenvalue weighted by atomic mass is 16.5. The van der Waals surface area contributed by atoms with Gasteiger partial charge in [0, 0.05) is 18.8 Å². The number of hydrogen-bond donors (Lipinski definition) is 1. The average molecular weight is 247 g/mol. The minimum absolute atomic E-state index is 0.147. The maximum absolute atomic E-state index is 5.57. The number of ether oxygens (including phenoxy) is 1. The van der Waals surface area contributed by atoms with Gasteiger partial charge in [-0.15, -0.1) is 0 Å². The quantitative estimate of drug-likeness (QED) is 0.839. The Bertz CT molecular complexity index is 425. The molecule has 0 unspecified atom stereocenters. The third kappa shape index (κ3) is 2.57. The number of anilines is 1. The van der Waals surface area contributed by atoms with Crippen LogP contribution in [0.25, 0.3) is 0 Å². The third-order valence-corrected chi connectivity index (χ3v) is 3.92. The fraction of sp³-hybridized carbons (Fsp3) is 0.714. The SMILES string of the molecule is CC(C)Oc1ccnc(NCC2(C3CC3)CC2)n1. The van der Waals surface area contributed by atoms with Crippen molar-refractivity contribution in [2.45, 2.75) is 45.6 Å². The first kappa shape index (κ1) is 11.8. The van der Waals surface area contributed by atoms with Crippen LogP contribution < -0.4 is 10.1 Å². The smallest absolute Gasteiger partial charge is 0.225 e. The topological polar surface area (TPSA) is 47.0 Å². The van der Waals surface area contributed by atoms with E-state index < -0.39 is 0 Å². The van der Waals surface area contributed by atoms with Gasteiger partial charge in [0.1, 0.15) is 0 Å². The molecule has 0 amide bonds. The van der Waals surface area contributed by atoms with E-state index in [1.807, 2.05) is 13.8 Å². The van der Waals surface area contributed by atoms with Gasteiger partial charge in [0.15, 0.2) is 0 Å². The van der Waals surface area contributed by atoms with Crippen LogP contribution in [0.2, 0.25) is 0 Å². The Balaban J connectivity index is 1.58. The molecule has 1 aromatic heterocycles. The van der Waals surface area contributed by atoms with E-state index in [-0.39, 0.29) is 6.10 Å². The van der Waals surface area contributed by atoms with Gasteiger partial charge in [0.25, 0.3) is 0 Å². The molecular weight excluding hydrogens is 226 g/mol. The zero-order valence-corrected chi connectivity index (χ0v) is 11.1. The third-order valence-electron chi connectivity index (χ3n) is 3.92. The van der Waals surface area contributed by atoms with Gasteiger partial charge in [-0.3, -0.25) is 0 Å². The number of rotatable bonds is 6. The maximum atomic E-state index is 5.57. The number of aromatic nitrogens is 2. The molecule has 0 spiro atoms. The summed E-state index contributed by atoms with van der Waals surface area (Å²) in [4.78, 5) is 8.63. The second kappa shape index (κ2) is 4.41. The molecule has 1 aromatic rings. The molecule has 2 saturated carbocycles. The monoisotopic (exact) mass is 247 g/mol. The molecule has 1 N–H and O–H groups in total. The standard InChI is InChI=1S/C14H21N3O/c1-10(2)18-12-5-8-15-13(17-12)16-9-14(6-7-14)11-3-4-11/h5,8,10-11H,3-4,6-7,9H2,1-2H3,(H,15,16,17). The molecule has 2 aliphatic carbocycles. The van der Waals surface area contributed by atoms with Gasteiger partial charge in [0.2, 0.25) is 11.8 Å². The van der Waals surface area contributed by atoms with E-state index in [4.69, 9.17) is 4.74 Å². The average Bonchev–Trinajstić information content (AvgIpc) is 3.18. The number of nitrogens with zero attached hydrogens (tertiary/aromatic N) is 2. The molecule has 0 radical (unpaired) electrons. The Morgan fingerprint density at radius 1 is 1.44 bits per heavy atom. The highest BCUT2D eigenvalue weighted by Crippen LogP contribution is 2.61. The van der Waals surface area contributed by atoms with E-state index in [0.717, 1.165) is 12.5 Å². The summed E-state index contributed by atoms with van der Waals surface area (Å²) in [7, 11) is 0. The fourth-order valence-electron chi connectivity index (χ4n) is 2.58. The van der Waals surface area contributed by atoms with Crippen LogP contribution in [0.1, 0.15) is 39.5 Å². The van der Waals surface area contributed by atoms with Crippen molar-refractivity contribution in [3.8, 4) is 5.88 Å². The lowest BCUT2D eigenvalue weighted by Gasteiger charge is -2.15.